The summed E-state index contributed by atoms with van der Waals surface area (Å²) in [5.41, 5.74) is 1.77. The second kappa shape index (κ2) is 6.91. The number of hydrogen-bond donors (Lipinski definition) is 0. The Morgan fingerprint density at radius 1 is 1.25 bits per heavy atom. The van der Waals surface area contributed by atoms with Crippen LogP contribution in [0.5, 0.6) is 5.75 Å². The van der Waals surface area contributed by atoms with Gasteiger partial charge in [-0.05, 0) is 45.0 Å². The minimum atomic E-state index is 0.0479. The second-order valence-corrected chi connectivity index (χ2v) is 7.13. The SMILES string of the molecule is COc1ccc(-c2nc(C)c(C(=O)N3CC(C)OC(C)C3)s2)cc1. The highest BCUT2D eigenvalue weighted by Gasteiger charge is 2.29. The predicted octanol–water partition coefficient (Wildman–Crippen LogP) is 3.38. The summed E-state index contributed by atoms with van der Waals surface area (Å²) < 4.78 is 10.9. The lowest BCUT2D eigenvalue weighted by atomic mass is 10.2. The molecule has 5 nitrogen and oxygen atoms in total. The number of aryl methyl sites for hydroxylation is 1. The van der Waals surface area contributed by atoms with Gasteiger partial charge in [-0.25, -0.2) is 4.98 Å². The van der Waals surface area contributed by atoms with Gasteiger partial charge in [0.05, 0.1) is 25.0 Å². The molecule has 2 unspecified atom stereocenters. The smallest absolute Gasteiger partial charge is 0.266 e. The first kappa shape index (κ1) is 16.9. The zero-order chi connectivity index (χ0) is 17.3. The highest BCUT2D eigenvalue weighted by atomic mass is 32.1. The summed E-state index contributed by atoms with van der Waals surface area (Å²) in [5, 5.41) is 0.854. The third kappa shape index (κ3) is 3.44. The normalized spacial score (nSPS) is 20.9. The Hall–Kier alpha value is -1.92. The van der Waals surface area contributed by atoms with Gasteiger partial charge < -0.3 is 14.4 Å². The van der Waals surface area contributed by atoms with Crippen LogP contribution in [0.3, 0.4) is 0 Å². The molecule has 3 rings (SSSR count). The largest absolute Gasteiger partial charge is 0.497 e. The van der Waals surface area contributed by atoms with E-state index in [-0.39, 0.29) is 18.1 Å². The standard InChI is InChI=1S/C18H22N2O3S/c1-11-9-20(10-12(2)23-11)18(21)16-13(3)19-17(24-16)14-5-7-15(22-4)8-6-14/h5-8,11-12H,9-10H2,1-4H3. The van der Waals surface area contributed by atoms with Crippen molar-refractivity contribution in [3.63, 3.8) is 0 Å². The molecule has 0 radical (unpaired) electrons. The summed E-state index contributed by atoms with van der Waals surface area (Å²) >= 11 is 1.45. The number of hydrogen-bond acceptors (Lipinski definition) is 5. The van der Waals surface area contributed by atoms with Crippen molar-refractivity contribution in [3.05, 3.63) is 34.8 Å². The van der Waals surface area contributed by atoms with Crippen LogP contribution in [0.15, 0.2) is 24.3 Å². The Bertz CT molecular complexity index is 716. The molecule has 0 N–H and O–H groups in total. The van der Waals surface area contributed by atoms with Crippen LogP contribution in [0, 0.1) is 6.92 Å². The van der Waals surface area contributed by atoms with Crippen molar-refractivity contribution in [1.29, 1.82) is 0 Å². The summed E-state index contributed by atoms with van der Waals surface area (Å²) in [6, 6.07) is 7.73. The molecule has 0 bridgehead atoms. The molecule has 24 heavy (non-hydrogen) atoms. The number of amides is 1. The lowest BCUT2D eigenvalue weighted by Gasteiger charge is -2.35. The van der Waals surface area contributed by atoms with E-state index in [2.05, 4.69) is 4.98 Å². The highest BCUT2D eigenvalue weighted by Crippen LogP contribution is 2.30. The predicted molar refractivity (Wildman–Crippen MR) is 94.8 cm³/mol. The Balaban J connectivity index is 1.84. The Kier molecular flexibility index (Phi) is 4.87. The summed E-state index contributed by atoms with van der Waals surface area (Å²) in [6.07, 6.45) is 0.124. The van der Waals surface area contributed by atoms with Crippen LogP contribution in [-0.4, -0.2) is 48.2 Å². The summed E-state index contributed by atoms with van der Waals surface area (Å²) in [7, 11) is 1.64. The first-order valence-electron chi connectivity index (χ1n) is 8.04. The number of aromatic nitrogens is 1. The first-order valence-corrected chi connectivity index (χ1v) is 8.86. The Morgan fingerprint density at radius 2 is 1.88 bits per heavy atom. The zero-order valence-electron chi connectivity index (χ0n) is 14.4. The van der Waals surface area contributed by atoms with E-state index >= 15 is 0 Å². The van der Waals surface area contributed by atoms with Gasteiger partial charge >= 0.3 is 0 Å². The monoisotopic (exact) mass is 346 g/mol. The molecule has 1 fully saturated rings. The zero-order valence-corrected chi connectivity index (χ0v) is 15.2. The average Bonchev–Trinajstić information content (AvgIpc) is 2.95. The molecule has 128 valence electrons. The van der Waals surface area contributed by atoms with Crippen molar-refractivity contribution >= 4 is 17.2 Å². The highest BCUT2D eigenvalue weighted by molar-refractivity contribution is 7.17. The molecule has 1 aromatic carbocycles. The fraction of sp³-hybridized carbons (Fsp3) is 0.444. The number of benzene rings is 1. The van der Waals surface area contributed by atoms with Crippen molar-refractivity contribution in [2.75, 3.05) is 20.2 Å². The quantitative estimate of drug-likeness (QED) is 0.855. The maximum atomic E-state index is 12.9. The number of carbonyl (C=O) groups is 1. The molecule has 1 aliphatic heterocycles. The molecule has 1 saturated heterocycles. The van der Waals surface area contributed by atoms with Gasteiger partial charge in [0, 0.05) is 18.7 Å². The molecular weight excluding hydrogens is 324 g/mol. The fourth-order valence-corrected chi connectivity index (χ4v) is 3.98. The number of ether oxygens (including phenoxy) is 2. The molecule has 0 saturated carbocycles. The molecule has 6 heteroatoms. The van der Waals surface area contributed by atoms with Gasteiger partial charge in [0.1, 0.15) is 15.6 Å². The van der Waals surface area contributed by atoms with Crippen LogP contribution in [0.25, 0.3) is 10.6 Å². The van der Waals surface area contributed by atoms with Crippen LogP contribution in [0.1, 0.15) is 29.2 Å². The lowest BCUT2D eigenvalue weighted by Crippen LogP contribution is -2.48. The van der Waals surface area contributed by atoms with Crippen LogP contribution in [0.2, 0.25) is 0 Å². The number of methoxy groups -OCH3 is 1. The lowest BCUT2D eigenvalue weighted by molar-refractivity contribution is -0.0585. The maximum absolute atomic E-state index is 12.9. The molecule has 1 aliphatic rings. The van der Waals surface area contributed by atoms with Gasteiger partial charge in [-0.2, -0.15) is 0 Å². The van der Waals surface area contributed by atoms with Gasteiger partial charge in [0.2, 0.25) is 0 Å². The Morgan fingerprint density at radius 3 is 2.46 bits per heavy atom. The minimum absolute atomic E-state index is 0.0479. The Labute approximate surface area is 146 Å². The van der Waals surface area contributed by atoms with Crippen LogP contribution in [-0.2, 0) is 4.74 Å². The van der Waals surface area contributed by atoms with E-state index in [1.807, 2.05) is 49.9 Å². The van der Waals surface area contributed by atoms with E-state index in [1.54, 1.807) is 7.11 Å². The molecule has 1 aromatic heterocycles. The number of rotatable bonds is 3. The summed E-state index contributed by atoms with van der Waals surface area (Å²) in [4.78, 5) is 20.0. The minimum Gasteiger partial charge on any atom is -0.497 e. The number of morpholine rings is 1. The molecule has 2 aromatic rings. The van der Waals surface area contributed by atoms with Gasteiger partial charge in [-0.3, -0.25) is 4.79 Å². The topological polar surface area (TPSA) is 51.7 Å². The van der Waals surface area contributed by atoms with Crippen molar-refractivity contribution < 1.29 is 14.3 Å². The van der Waals surface area contributed by atoms with E-state index in [1.165, 1.54) is 11.3 Å². The third-order valence-corrected chi connectivity index (χ3v) is 5.23. The fourth-order valence-electron chi connectivity index (χ4n) is 2.94. The summed E-state index contributed by atoms with van der Waals surface area (Å²) in [5.74, 6) is 0.853. The first-order chi connectivity index (χ1) is 11.5. The van der Waals surface area contributed by atoms with Gasteiger partial charge in [0.15, 0.2) is 0 Å². The molecule has 0 spiro atoms. The second-order valence-electron chi connectivity index (χ2n) is 6.13. The van der Waals surface area contributed by atoms with E-state index in [0.29, 0.717) is 18.0 Å². The third-order valence-electron chi connectivity index (χ3n) is 4.03. The molecule has 2 atom stereocenters. The number of carbonyl (C=O) groups excluding carboxylic acids is 1. The van der Waals surface area contributed by atoms with Crippen molar-refractivity contribution in [2.24, 2.45) is 0 Å². The van der Waals surface area contributed by atoms with Crippen LogP contribution in [0.4, 0.5) is 0 Å². The van der Waals surface area contributed by atoms with Crippen molar-refractivity contribution in [3.8, 4) is 16.3 Å². The number of thiazole rings is 1. The van der Waals surface area contributed by atoms with E-state index < -0.39 is 0 Å². The van der Waals surface area contributed by atoms with E-state index in [9.17, 15) is 4.79 Å². The van der Waals surface area contributed by atoms with Crippen molar-refractivity contribution in [1.82, 2.24) is 9.88 Å². The molecular formula is C18H22N2O3S. The van der Waals surface area contributed by atoms with Crippen molar-refractivity contribution in [2.45, 2.75) is 33.0 Å². The van der Waals surface area contributed by atoms with Crippen LogP contribution >= 0.6 is 11.3 Å². The van der Waals surface area contributed by atoms with Crippen LogP contribution < -0.4 is 4.74 Å². The number of nitrogens with zero attached hydrogens (tertiary/aromatic N) is 2. The molecule has 1 amide bonds. The van der Waals surface area contributed by atoms with Gasteiger partial charge in [-0.1, -0.05) is 0 Å². The summed E-state index contributed by atoms with van der Waals surface area (Å²) in [6.45, 7) is 7.14. The van der Waals surface area contributed by atoms with Gasteiger partial charge in [0.25, 0.3) is 5.91 Å². The maximum Gasteiger partial charge on any atom is 0.266 e. The van der Waals surface area contributed by atoms with E-state index in [0.717, 1.165) is 22.0 Å². The average molecular weight is 346 g/mol. The molecule has 0 aliphatic carbocycles. The van der Waals surface area contributed by atoms with E-state index in [4.69, 9.17) is 9.47 Å². The molecule has 2 heterocycles. The van der Waals surface area contributed by atoms with Gasteiger partial charge in [-0.15, -0.1) is 11.3 Å².